The summed E-state index contributed by atoms with van der Waals surface area (Å²) in [5.41, 5.74) is 7.61. The van der Waals surface area contributed by atoms with Crippen LogP contribution >= 0.6 is 0 Å². The highest BCUT2D eigenvalue weighted by Gasteiger charge is 2.32. The average molecular weight is 507 g/mol. The standard InChI is InChI=1S/C26H33F3N4O3/c1-17(2)20-8-6-19(7-9-20)16-33-12-10-18(11-13-33)14-31-23(34)15-32-25(35)21-4-3-5-22(24(21)30)36-26(27,28)29/h3-9,17-18H,10-16,30H2,1-2H3,(H,31,34)(H,32,35). The Balaban J connectivity index is 1.38. The van der Waals surface area contributed by atoms with E-state index in [1.54, 1.807) is 0 Å². The predicted molar refractivity (Wildman–Crippen MR) is 131 cm³/mol. The highest BCUT2D eigenvalue weighted by atomic mass is 19.4. The quantitative estimate of drug-likeness (QED) is 0.446. The third-order valence-corrected chi connectivity index (χ3v) is 6.29. The van der Waals surface area contributed by atoms with Gasteiger partial charge < -0.3 is 21.1 Å². The van der Waals surface area contributed by atoms with Crippen LogP contribution in [0.3, 0.4) is 0 Å². The van der Waals surface area contributed by atoms with Crippen LogP contribution in [-0.2, 0) is 11.3 Å². The minimum Gasteiger partial charge on any atom is -0.404 e. The molecule has 1 fully saturated rings. The number of alkyl halides is 3. The number of benzene rings is 2. The highest BCUT2D eigenvalue weighted by Crippen LogP contribution is 2.30. The molecule has 1 aliphatic heterocycles. The van der Waals surface area contributed by atoms with E-state index in [4.69, 9.17) is 5.73 Å². The number of nitrogens with one attached hydrogen (secondary N) is 2. The Morgan fingerprint density at radius 1 is 1.08 bits per heavy atom. The zero-order valence-electron chi connectivity index (χ0n) is 20.5. The van der Waals surface area contributed by atoms with Crippen LogP contribution < -0.4 is 21.1 Å². The first kappa shape index (κ1) is 27.3. The summed E-state index contributed by atoms with van der Waals surface area (Å²) in [4.78, 5) is 26.9. The molecule has 0 saturated carbocycles. The molecule has 0 atom stereocenters. The number of nitrogens with zero attached hydrogens (tertiary/aromatic N) is 1. The number of rotatable bonds is 9. The number of hydrogen-bond donors (Lipinski definition) is 3. The van der Waals surface area contributed by atoms with Crippen LogP contribution in [0.1, 0.15) is 54.1 Å². The fourth-order valence-corrected chi connectivity index (χ4v) is 4.15. The summed E-state index contributed by atoms with van der Waals surface area (Å²) in [6.07, 6.45) is -3.02. The number of para-hydroxylation sites is 1. The van der Waals surface area contributed by atoms with E-state index >= 15 is 0 Å². The summed E-state index contributed by atoms with van der Waals surface area (Å²) in [6, 6.07) is 12.2. The van der Waals surface area contributed by atoms with Crippen molar-refractivity contribution in [3.63, 3.8) is 0 Å². The smallest absolute Gasteiger partial charge is 0.404 e. The summed E-state index contributed by atoms with van der Waals surface area (Å²) in [7, 11) is 0. The molecule has 1 saturated heterocycles. The maximum atomic E-state index is 12.5. The molecule has 0 spiro atoms. The SMILES string of the molecule is CC(C)c1ccc(CN2CCC(CNC(=O)CNC(=O)c3cccc(OC(F)(F)F)c3N)CC2)cc1. The van der Waals surface area contributed by atoms with Gasteiger partial charge in [0, 0.05) is 13.1 Å². The number of ether oxygens (including phenoxy) is 1. The Morgan fingerprint density at radius 2 is 1.75 bits per heavy atom. The molecule has 2 aromatic rings. The van der Waals surface area contributed by atoms with E-state index in [1.165, 1.54) is 23.3 Å². The summed E-state index contributed by atoms with van der Waals surface area (Å²) < 4.78 is 41.2. The topological polar surface area (TPSA) is 96.7 Å². The molecule has 10 heteroatoms. The molecule has 2 aromatic carbocycles. The van der Waals surface area contributed by atoms with Gasteiger partial charge in [-0.1, -0.05) is 44.2 Å². The summed E-state index contributed by atoms with van der Waals surface area (Å²) in [6.45, 7) is 7.34. The minimum atomic E-state index is -4.93. The van der Waals surface area contributed by atoms with Crippen LogP contribution in [0.5, 0.6) is 5.75 Å². The van der Waals surface area contributed by atoms with Crippen molar-refractivity contribution >= 4 is 17.5 Å². The Morgan fingerprint density at radius 3 is 2.36 bits per heavy atom. The van der Waals surface area contributed by atoms with Crippen LogP contribution in [0.4, 0.5) is 18.9 Å². The van der Waals surface area contributed by atoms with Gasteiger partial charge in [-0.3, -0.25) is 14.5 Å². The lowest BCUT2D eigenvalue weighted by atomic mass is 9.96. The van der Waals surface area contributed by atoms with Crippen molar-refractivity contribution in [2.45, 2.75) is 45.5 Å². The van der Waals surface area contributed by atoms with E-state index in [0.717, 1.165) is 38.5 Å². The maximum absolute atomic E-state index is 12.5. The number of piperidine rings is 1. The zero-order chi connectivity index (χ0) is 26.3. The second kappa shape index (κ2) is 12.1. The monoisotopic (exact) mass is 506 g/mol. The number of carbonyl (C=O) groups excluding carboxylic acids is 2. The molecule has 196 valence electrons. The summed E-state index contributed by atoms with van der Waals surface area (Å²) in [5.74, 6) is -0.947. The number of halogens is 3. The fraction of sp³-hybridized carbons (Fsp3) is 0.462. The van der Waals surface area contributed by atoms with Gasteiger partial charge in [0.2, 0.25) is 5.91 Å². The third kappa shape index (κ3) is 8.15. The number of carbonyl (C=O) groups is 2. The van der Waals surface area contributed by atoms with Crippen LogP contribution in [0, 0.1) is 5.92 Å². The van der Waals surface area contributed by atoms with Crippen molar-refractivity contribution in [3.8, 4) is 5.75 Å². The normalized spacial score (nSPS) is 15.1. The lowest BCUT2D eigenvalue weighted by molar-refractivity contribution is -0.274. The van der Waals surface area contributed by atoms with Crippen LogP contribution in [0.25, 0.3) is 0 Å². The van der Waals surface area contributed by atoms with Crippen molar-refractivity contribution in [2.75, 3.05) is 31.9 Å². The zero-order valence-corrected chi connectivity index (χ0v) is 20.5. The van der Waals surface area contributed by atoms with E-state index in [0.29, 0.717) is 18.4 Å². The number of amides is 2. The van der Waals surface area contributed by atoms with Crippen molar-refractivity contribution in [1.82, 2.24) is 15.5 Å². The van der Waals surface area contributed by atoms with Gasteiger partial charge in [0.15, 0.2) is 5.75 Å². The summed E-state index contributed by atoms with van der Waals surface area (Å²) in [5, 5.41) is 5.21. The molecule has 7 nitrogen and oxygen atoms in total. The van der Waals surface area contributed by atoms with E-state index in [2.05, 4.69) is 58.4 Å². The first-order chi connectivity index (χ1) is 17.0. The van der Waals surface area contributed by atoms with Crippen molar-refractivity contribution < 1.29 is 27.5 Å². The second-order valence-corrected chi connectivity index (χ2v) is 9.37. The Hall–Kier alpha value is -3.27. The molecular weight excluding hydrogens is 473 g/mol. The Labute approximate surface area is 209 Å². The number of likely N-dealkylation sites (tertiary alicyclic amines) is 1. The van der Waals surface area contributed by atoms with Gasteiger partial charge in [0.05, 0.1) is 17.8 Å². The molecule has 36 heavy (non-hydrogen) atoms. The van der Waals surface area contributed by atoms with Gasteiger partial charge in [-0.05, 0) is 61.0 Å². The van der Waals surface area contributed by atoms with E-state index in [1.807, 2.05) is 0 Å². The molecule has 0 aromatic heterocycles. The minimum absolute atomic E-state index is 0.198. The Kier molecular flexibility index (Phi) is 9.19. The first-order valence-corrected chi connectivity index (χ1v) is 12.0. The first-order valence-electron chi connectivity index (χ1n) is 12.0. The fourth-order valence-electron chi connectivity index (χ4n) is 4.15. The number of nitrogen functional groups attached to an aromatic ring is 1. The third-order valence-electron chi connectivity index (χ3n) is 6.29. The molecule has 0 unspecified atom stereocenters. The molecule has 2 amide bonds. The number of nitrogens with two attached hydrogens (primary N) is 1. The average Bonchev–Trinajstić information content (AvgIpc) is 2.83. The molecule has 1 heterocycles. The summed E-state index contributed by atoms with van der Waals surface area (Å²) >= 11 is 0. The van der Waals surface area contributed by atoms with Crippen molar-refractivity contribution in [1.29, 1.82) is 0 Å². The maximum Gasteiger partial charge on any atom is 0.573 e. The molecule has 3 rings (SSSR count). The van der Waals surface area contributed by atoms with Gasteiger partial charge in [-0.25, -0.2) is 0 Å². The van der Waals surface area contributed by atoms with Gasteiger partial charge >= 0.3 is 6.36 Å². The molecular formula is C26H33F3N4O3. The van der Waals surface area contributed by atoms with Gasteiger partial charge in [-0.2, -0.15) is 0 Å². The molecule has 1 aliphatic rings. The predicted octanol–water partition coefficient (Wildman–Crippen LogP) is 4.05. The van der Waals surface area contributed by atoms with Crippen molar-refractivity contribution in [2.24, 2.45) is 5.92 Å². The molecule has 4 N–H and O–H groups in total. The van der Waals surface area contributed by atoms with E-state index < -0.39 is 23.7 Å². The lowest BCUT2D eigenvalue weighted by Crippen LogP contribution is -2.41. The van der Waals surface area contributed by atoms with Crippen LogP contribution in [0.15, 0.2) is 42.5 Å². The highest BCUT2D eigenvalue weighted by molar-refractivity contribution is 6.01. The number of hydrogen-bond acceptors (Lipinski definition) is 5. The van der Waals surface area contributed by atoms with Crippen LogP contribution in [-0.4, -0.2) is 49.3 Å². The number of anilines is 1. The van der Waals surface area contributed by atoms with Gasteiger partial charge in [0.1, 0.15) is 0 Å². The Bertz CT molecular complexity index is 1030. The largest absolute Gasteiger partial charge is 0.573 e. The van der Waals surface area contributed by atoms with Crippen molar-refractivity contribution in [3.05, 3.63) is 59.2 Å². The lowest BCUT2D eigenvalue weighted by Gasteiger charge is -2.32. The van der Waals surface area contributed by atoms with Gasteiger partial charge in [-0.15, -0.1) is 13.2 Å². The second-order valence-electron chi connectivity index (χ2n) is 9.37. The molecule has 0 radical (unpaired) electrons. The molecule has 0 aliphatic carbocycles. The van der Waals surface area contributed by atoms with E-state index in [-0.39, 0.29) is 18.0 Å². The van der Waals surface area contributed by atoms with Crippen LogP contribution in [0.2, 0.25) is 0 Å². The van der Waals surface area contributed by atoms with E-state index in [9.17, 15) is 22.8 Å². The molecule has 0 bridgehead atoms. The van der Waals surface area contributed by atoms with Gasteiger partial charge in [0.25, 0.3) is 5.91 Å².